The standard InChI is InChI=1S/C19H23FN2O4S/c1-22(27(24,25)17-11-9-16(20)10-12-17)13-5-8-19(23)21-18-7-4-3-6-15(18)14-26-2/h3-4,6-7,9-12H,5,8,13-14H2,1-2H3,(H,21,23). The van der Waals surface area contributed by atoms with E-state index >= 15 is 0 Å². The van der Waals surface area contributed by atoms with Gasteiger partial charge in [-0.1, -0.05) is 18.2 Å². The van der Waals surface area contributed by atoms with Crippen molar-refractivity contribution in [3.8, 4) is 0 Å². The number of nitrogens with one attached hydrogen (secondary N) is 1. The van der Waals surface area contributed by atoms with E-state index in [4.69, 9.17) is 4.74 Å². The third-order valence-electron chi connectivity index (χ3n) is 3.99. The fraction of sp³-hybridized carbons (Fsp3) is 0.316. The van der Waals surface area contributed by atoms with E-state index in [0.29, 0.717) is 18.7 Å². The Labute approximate surface area is 159 Å². The lowest BCUT2D eigenvalue weighted by atomic mass is 10.2. The van der Waals surface area contributed by atoms with E-state index in [9.17, 15) is 17.6 Å². The number of ether oxygens (including phenoxy) is 1. The van der Waals surface area contributed by atoms with Crippen LogP contribution in [0.15, 0.2) is 53.4 Å². The van der Waals surface area contributed by atoms with Gasteiger partial charge in [-0.15, -0.1) is 0 Å². The van der Waals surface area contributed by atoms with E-state index in [1.54, 1.807) is 13.2 Å². The number of carbonyl (C=O) groups excluding carboxylic acids is 1. The van der Waals surface area contributed by atoms with Gasteiger partial charge in [-0.25, -0.2) is 17.1 Å². The van der Waals surface area contributed by atoms with Crippen LogP contribution < -0.4 is 5.32 Å². The summed E-state index contributed by atoms with van der Waals surface area (Å²) in [6, 6.07) is 12.0. The Kier molecular flexibility index (Phi) is 7.46. The second kappa shape index (κ2) is 9.59. The van der Waals surface area contributed by atoms with Crippen LogP contribution in [0.3, 0.4) is 0 Å². The number of rotatable bonds is 9. The van der Waals surface area contributed by atoms with Crippen molar-refractivity contribution in [2.45, 2.75) is 24.3 Å². The number of halogens is 1. The molecule has 1 N–H and O–H groups in total. The summed E-state index contributed by atoms with van der Waals surface area (Å²) in [6.07, 6.45) is 0.528. The van der Waals surface area contributed by atoms with Gasteiger partial charge in [0.2, 0.25) is 15.9 Å². The zero-order valence-corrected chi connectivity index (χ0v) is 16.1. The molecule has 0 heterocycles. The zero-order chi connectivity index (χ0) is 19.9. The first-order chi connectivity index (χ1) is 12.8. The lowest BCUT2D eigenvalue weighted by Crippen LogP contribution is -2.28. The van der Waals surface area contributed by atoms with Crippen molar-refractivity contribution in [2.24, 2.45) is 0 Å². The Bertz CT molecular complexity index is 870. The zero-order valence-electron chi connectivity index (χ0n) is 15.3. The number of nitrogens with zero attached hydrogens (tertiary/aromatic N) is 1. The third-order valence-corrected chi connectivity index (χ3v) is 5.86. The number of para-hydroxylation sites is 1. The van der Waals surface area contributed by atoms with Crippen molar-refractivity contribution < 1.29 is 22.3 Å². The van der Waals surface area contributed by atoms with Gasteiger partial charge in [0.15, 0.2) is 0 Å². The minimum atomic E-state index is -3.71. The van der Waals surface area contributed by atoms with Gasteiger partial charge in [0, 0.05) is 38.4 Å². The van der Waals surface area contributed by atoms with Crippen molar-refractivity contribution in [2.75, 3.05) is 26.0 Å². The Morgan fingerprint density at radius 1 is 1.15 bits per heavy atom. The summed E-state index contributed by atoms with van der Waals surface area (Å²) in [6.45, 7) is 0.557. The van der Waals surface area contributed by atoms with Crippen LogP contribution in [-0.2, 0) is 26.2 Å². The maximum absolute atomic E-state index is 13.0. The molecule has 1 amide bonds. The molecule has 0 radical (unpaired) electrons. The van der Waals surface area contributed by atoms with E-state index in [2.05, 4.69) is 5.32 Å². The van der Waals surface area contributed by atoms with Crippen molar-refractivity contribution in [3.63, 3.8) is 0 Å². The second-order valence-electron chi connectivity index (χ2n) is 6.02. The third kappa shape index (κ3) is 5.85. The summed E-state index contributed by atoms with van der Waals surface area (Å²) >= 11 is 0. The molecule has 27 heavy (non-hydrogen) atoms. The molecule has 0 saturated heterocycles. The van der Waals surface area contributed by atoms with E-state index < -0.39 is 15.8 Å². The molecule has 0 aliphatic heterocycles. The molecule has 0 aromatic heterocycles. The van der Waals surface area contributed by atoms with Crippen LogP contribution in [0, 0.1) is 5.82 Å². The molecule has 0 unspecified atom stereocenters. The van der Waals surface area contributed by atoms with Crippen molar-refractivity contribution in [1.29, 1.82) is 0 Å². The lowest BCUT2D eigenvalue weighted by molar-refractivity contribution is -0.116. The number of carbonyl (C=O) groups is 1. The number of benzene rings is 2. The fourth-order valence-corrected chi connectivity index (χ4v) is 3.71. The number of hydrogen-bond donors (Lipinski definition) is 1. The number of sulfonamides is 1. The molecule has 0 aliphatic rings. The maximum Gasteiger partial charge on any atom is 0.242 e. The summed E-state index contributed by atoms with van der Waals surface area (Å²) in [7, 11) is -0.694. The average molecular weight is 394 g/mol. The summed E-state index contributed by atoms with van der Waals surface area (Å²) < 4.78 is 44.1. The van der Waals surface area contributed by atoms with Crippen LogP contribution in [0.1, 0.15) is 18.4 Å². The van der Waals surface area contributed by atoms with Gasteiger partial charge in [0.25, 0.3) is 0 Å². The van der Waals surface area contributed by atoms with Crippen LogP contribution in [-0.4, -0.2) is 39.3 Å². The highest BCUT2D eigenvalue weighted by Gasteiger charge is 2.20. The monoisotopic (exact) mass is 394 g/mol. The van der Waals surface area contributed by atoms with Gasteiger partial charge >= 0.3 is 0 Å². The van der Waals surface area contributed by atoms with Crippen LogP contribution >= 0.6 is 0 Å². The van der Waals surface area contributed by atoms with Gasteiger partial charge in [-0.2, -0.15) is 0 Å². The number of methoxy groups -OCH3 is 1. The first-order valence-corrected chi connectivity index (χ1v) is 9.87. The van der Waals surface area contributed by atoms with Gasteiger partial charge in [-0.05, 0) is 36.8 Å². The predicted octanol–water partition coefficient (Wildman–Crippen LogP) is 3.01. The normalized spacial score (nSPS) is 11.6. The first kappa shape index (κ1) is 21.0. The predicted molar refractivity (Wildman–Crippen MR) is 101 cm³/mol. The lowest BCUT2D eigenvalue weighted by Gasteiger charge is -2.17. The van der Waals surface area contributed by atoms with Crippen LogP contribution in [0.2, 0.25) is 0 Å². The van der Waals surface area contributed by atoms with Gasteiger partial charge in [0.05, 0.1) is 11.5 Å². The van der Waals surface area contributed by atoms with Gasteiger partial charge in [0.1, 0.15) is 5.82 Å². The van der Waals surface area contributed by atoms with Crippen molar-refractivity contribution in [1.82, 2.24) is 4.31 Å². The Morgan fingerprint density at radius 3 is 2.48 bits per heavy atom. The molecule has 2 aromatic carbocycles. The Morgan fingerprint density at radius 2 is 1.81 bits per heavy atom. The molecule has 8 heteroatoms. The summed E-state index contributed by atoms with van der Waals surface area (Å²) in [5.74, 6) is -0.701. The highest BCUT2D eigenvalue weighted by Crippen LogP contribution is 2.17. The molecule has 0 saturated carbocycles. The SMILES string of the molecule is COCc1ccccc1NC(=O)CCCN(C)S(=O)(=O)c1ccc(F)cc1. The minimum Gasteiger partial charge on any atom is -0.380 e. The van der Waals surface area contributed by atoms with Crippen molar-refractivity contribution in [3.05, 3.63) is 59.9 Å². The molecule has 2 aromatic rings. The average Bonchev–Trinajstić information content (AvgIpc) is 2.64. The fourth-order valence-electron chi connectivity index (χ4n) is 2.51. The number of anilines is 1. The van der Waals surface area contributed by atoms with Crippen molar-refractivity contribution >= 4 is 21.6 Å². The molecule has 2 rings (SSSR count). The topological polar surface area (TPSA) is 75.7 Å². The van der Waals surface area contributed by atoms with Gasteiger partial charge in [-0.3, -0.25) is 4.79 Å². The second-order valence-corrected chi connectivity index (χ2v) is 8.07. The highest BCUT2D eigenvalue weighted by atomic mass is 32.2. The van der Waals surface area contributed by atoms with Crippen LogP contribution in [0.5, 0.6) is 0 Å². The molecular weight excluding hydrogens is 371 g/mol. The smallest absolute Gasteiger partial charge is 0.242 e. The summed E-state index contributed by atoms with van der Waals surface area (Å²) in [4.78, 5) is 12.2. The largest absolute Gasteiger partial charge is 0.380 e. The molecule has 146 valence electrons. The van der Waals surface area contributed by atoms with E-state index in [-0.39, 0.29) is 23.8 Å². The summed E-state index contributed by atoms with van der Waals surface area (Å²) in [5, 5.41) is 2.82. The quantitative estimate of drug-likeness (QED) is 0.709. The molecule has 0 fully saturated rings. The van der Waals surface area contributed by atoms with Crippen LogP contribution in [0.25, 0.3) is 0 Å². The minimum absolute atomic E-state index is 0.0179. The molecule has 0 bridgehead atoms. The molecule has 0 atom stereocenters. The van der Waals surface area contributed by atoms with E-state index in [0.717, 1.165) is 22.0 Å². The highest BCUT2D eigenvalue weighted by molar-refractivity contribution is 7.89. The Balaban J connectivity index is 1.88. The van der Waals surface area contributed by atoms with Gasteiger partial charge < -0.3 is 10.1 Å². The number of hydrogen-bond acceptors (Lipinski definition) is 4. The van der Waals surface area contributed by atoms with E-state index in [1.165, 1.54) is 19.2 Å². The summed E-state index contributed by atoms with van der Waals surface area (Å²) in [5.41, 5.74) is 1.54. The molecule has 6 nitrogen and oxygen atoms in total. The van der Waals surface area contributed by atoms with Crippen LogP contribution in [0.4, 0.5) is 10.1 Å². The Hall–Kier alpha value is -2.29. The molecular formula is C19H23FN2O4S. The maximum atomic E-state index is 13.0. The van der Waals surface area contributed by atoms with E-state index in [1.807, 2.05) is 18.2 Å². The first-order valence-electron chi connectivity index (χ1n) is 8.43. The number of amides is 1. The molecule has 0 spiro atoms. The molecule has 0 aliphatic carbocycles.